The summed E-state index contributed by atoms with van der Waals surface area (Å²) in [5.74, 6) is 0. The minimum atomic E-state index is 0.690. The van der Waals surface area contributed by atoms with Gasteiger partial charge in [0.25, 0.3) is 0 Å². The molecule has 1 aromatic carbocycles. The molecule has 1 aromatic rings. The van der Waals surface area contributed by atoms with Crippen LogP contribution in [0, 0.1) is 6.92 Å². The molecule has 0 aliphatic carbocycles. The zero-order valence-corrected chi connectivity index (χ0v) is 9.42. The highest BCUT2D eigenvalue weighted by Gasteiger charge is 2.12. The summed E-state index contributed by atoms with van der Waals surface area (Å²) in [7, 11) is 0. The highest BCUT2D eigenvalue weighted by Crippen LogP contribution is 2.05. The average Bonchev–Trinajstić information content (AvgIpc) is 2.71. The number of hydrogen-bond acceptors (Lipinski definition) is 2. The summed E-state index contributed by atoms with van der Waals surface area (Å²) in [6, 6.07) is 9.38. The van der Waals surface area contributed by atoms with Crippen LogP contribution in [0.15, 0.2) is 24.3 Å². The van der Waals surface area contributed by atoms with Crippen molar-refractivity contribution in [1.29, 1.82) is 0 Å². The average molecular weight is 204 g/mol. The lowest BCUT2D eigenvalue weighted by Gasteiger charge is -2.11. The molecule has 1 unspecified atom stereocenters. The van der Waals surface area contributed by atoms with Crippen LogP contribution in [0.3, 0.4) is 0 Å². The Morgan fingerprint density at radius 3 is 3.13 bits per heavy atom. The monoisotopic (exact) mass is 204 g/mol. The molecule has 15 heavy (non-hydrogen) atoms. The van der Waals surface area contributed by atoms with Crippen molar-refractivity contribution in [2.45, 2.75) is 32.4 Å². The highest BCUT2D eigenvalue weighted by molar-refractivity contribution is 5.21. The molecule has 1 atom stereocenters. The summed E-state index contributed by atoms with van der Waals surface area (Å²) in [6.45, 7) is 5.41. The van der Waals surface area contributed by atoms with E-state index < -0.39 is 0 Å². The first-order valence-electron chi connectivity index (χ1n) is 5.84. The molecule has 0 saturated carbocycles. The standard InChI is InChI=1S/C13H20N2/c1-11-4-2-5-12(8-11)9-14-10-13-6-3-7-15-13/h2,4-5,8,13-15H,3,6-7,9-10H2,1H3. The smallest absolute Gasteiger partial charge is 0.0206 e. The van der Waals surface area contributed by atoms with Gasteiger partial charge in [-0.2, -0.15) is 0 Å². The first kappa shape index (κ1) is 10.7. The van der Waals surface area contributed by atoms with Gasteiger partial charge in [0.2, 0.25) is 0 Å². The van der Waals surface area contributed by atoms with E-state index in [2.05, 4.69) is 41.8 Å². The Kier molecular flexibility index (Phi) is 3.75. The zero-order chi connectivity index (χ0) is 10.5. The Bertz CT molecular complexity index is 303. The number of aryl methyl sites for hydroxylation is 1. The van der Waals surface area contributed by atoms with Crippen molar-refractivity contribution >= 4 is 0 Å². The fourth-order valence-corrected chi connectivity index (χ4v) is 2.14. The summed E-state index contributed by atoms with van der Waals surface area (Å²) >= 11 is 0. The van der Waals surface area contributed by atoms with Gasteiger partial charge in [0.1, 0.15) is 0 Å². The Morgan fingerprint density at radius 1 is 1.47 bits per heavy atom. The van der Waals surface area contributed by atoms with E-state index in [1.807, 2.05) is 0 Å². The molecule has 1 heterocycles. The highest BCUT2D eigenvalue weighted by atomic mass is 15.0. The van der Waals surface area contributed by atoms with E-state index in [1.165, 1.54) is 30.5 Å². The Morgan fingerprint density at radius 2 is 2.40 bits per heavy atom. The predicted octanol–water partition coefficient (Wildman–Crippen LogP) is 1.84. The van der Waals surface area contributed by atoms with Crippen LogP contribution in [-0.4, -0.2) is 19.1 Å². The van der Waals surface area contributed by atoms with Gasteiger partial charge in [0, 0.05) is 19.1 Å². The van der Waals surface area contributed by atoms with Crippen LogP contribution in [0.25, 0.3) is 0 Å². The van der Waals surface area contributed by atoms with Gasteiger partial charge >= 0.3 is 0 Å². The molecule has 2 N–H and O–H groups in total. The topological polar surface area (TPSA) is 24.1 Å². The lowest BCUT2D eigenvalue weighted by Crippen LogP contribution is -2.33. The third kappa shape index (κ3) is 3.33. The van der Waals surface area contributed by atoms with E-state index in [9.17, 15) is 0 Å². The first-order chi connectivity index (χ1) is 7.34. The molecule has 0 radical (unpaired) electrons. The van der Waals surface area contributed by atoms with Crippen molar-refractivity contribution < 1.29 is 0 Å². The summed E-state index contributed by atoms with van der Waals surface area (Å²) < 4.78 is 0. The van der Waals surface area contributed by atoms with Crippen LogP contribution < -0.4 is 10.6 Å². The van der Waals surface area contributed by atoms with Crippen LogP contribution in [0.5, 0.6) is 0 Å². The minimum absolute atomic E-state index is 0.690. The second kappa shape index (κ2) is 5.29. The maximum absolute atomic E-state index is 3.51. The number of nitrogens with one attached hydrogen (secondary N) is 2. The SMILES string of the molecule is Cc1cccc(CNCC2CCCN2)c1. The van der Waals surface area contributed by atoms with Crippen LogP contribution in [0.1, 0.15) is 24.0 Å². The van der Waals surface area contributed by atoms with Gasteiger partial charge in [-0.15, -0.1) is 0 Å². The Hall–Kier alpha value is -0.860. The fourth-order valence-electron chi connectivity index (χ4n) is 2.14. The van der Waals surface area contributed by atoms with E-state index in [0.29, 0.717) is 6.04 Å². The lowest BCUT2D eigenvalue weighted by molar-refractivity contribution is 0.536. The molecule has 2 nitrogen and oxygen atoms in total. The second-order valence-corrected chi connectivity index (χ2v) is 4.41. The zero-order valence-electron chi connectivity index (χ0n) is 9.42. The summed E-state index contributed by atoms with van der Waals surface area (Å²) in [5, 5.41) is 7.00. The summed E-state index contributed by atoms with van der Waals surface area (Å²) in [5.41, 5.74) is 2.72. The lowest BCUT2D eigenvalue weighted by atomic mass is 10.1. The first-order valence-corrected chi connectivity index (χ1v) is 5.84. The predicted molar refractivity (Wildman–Crippen MR) is 63.9 cm³/mol. The van der Waals surface area contributed by atoms with Gasteiger partial charge in [-0.1, -0.05) is 29.8 Å². The van der Waals surface area contributed by atoms with Crippen molar-refractivity contribution in [2.24, 2.45) is 0 Å². The fraction of sp³-hybridized carbons (Fsp3) is 0.538. The van der Waals surface area contributed by atoms with E-state index >= 15 is 0 Å². The van der Waals surface area contributed by atoms with Crippen molar-refractivity contribution in [3.05, 3.63) is 35.4 Å². The summed E-state index contributed by atoms with van der Waals surface area (Å²) in [4.78, 5) is 0. The Balaban J connectivity index is 1.73. The third-order valence-corrected chi connectivity index (χ3v) is 2.96. The third-order valence-electron chi connectivity index (χ3n) is 2.96. The van der Waals surface area contributed by atoms with E-state index in [-0.39, 0.29) is 0 Å². The molecule has 0 aromatic heterocycles. The molecule has 0 spiro atoms. The maximum atomic E-state index is 3.51. The van der Waals surface area contributed by atoms with Gasteiger partial charge in [0.15, 0.2) is 0 Å². The molecule has 82 valence electrons. The molecule has 2 rings (SSSR count). The van der Waals surface area contributed by atoms with Gasteiger partial charge in [-0.3, -0.25) is 0 Å². The van der Waals surface area contributed by atoms with E-state index in [0.717, 1.165) is 13.1 Å². The van der Waals surface area contributed by atoms with Crippen LogP contribution in [-0.2, 0) is 6.54 Å². The number of benzene rings is 1. The van der Waals surface area contributed by atoms with E-state index in [4.69, 9.17) is 0 Å². The van der Waals surface area contributed by atoms with Gasteiger partial charge in [0.05, 0.1) is 0 Å². The second-order valence-electron chi connectivity index (χ2n) is 4.41. The maximum Gasteiger partial charge on any atom is 0.0206 e. The Labute approximate surface area is 92.1 Å². The van der Waals surface area contributed by atoms with Crippen molar-refractivity contribution in [2.75, 3.05) is 13.1 Å². The van der Waals surface area contributed by atoms with E-state index in [1.54, 1.807) is 0 Å². The van der Waals surface area contributed by atoms with Gasteiger partial charge in [-0.05, 0) is 31.9 Å². The van der Waals surface area contributed by atoms with Crippen LogP contribution in [0.2, 0.25) is 0 Å². The van der Waals surface area contributed by atoms with Crippen LogP contribution >= 0.6 is 0 Å². The van der Waals surface area contributed by atoms with Crippen molar-refractivity contribution in [3.63, 3.8) is 0 Å². The molecule has 1 aliphatic rings. The molecule has 1 saturated heterocycles. The van der Waals surface area contributed by atoms with Crippen LogP contribution in [0.4, 0.5) is 0 Å². The molecule has 0 bridgehead atoms. The van der Waals surface area contributed by atoms with Crippen molar-refractivity contribution in [3.8, 4) is 0 Å². The van der Waals surface area contributed by atoms with Gasteiger partial charge in [-0.25, -0.2) is 0 Å². The molecule has 1 fully saturated rings. The number of hydrogen-bond donors (Lipinski definition) is 2. The molecule has 1 aliphatic heterocycles. The van der Waals surface area contributed by atoms with Crippen molar-refractivity contribution in [1.82, 2.24) is 10.6 Å². The minimum Gasteiger partial charge on any atom is -0.313 e. The summed E-state index contributed by atoms with van der Waals surface area (Å²) in [6.07, 6.45) is 2.65. The molecular formula is C13H20N2. The normalized spacial score (nSPS) is 20.7. The van der Waals surface area contributed by atoms with Gasteiger partial charge < -0.3 is 10.6 Å². The number of rotatable bonds is 4. The quantitative estimate of drug-likeness (QED) is 0.782. The molecule has 2 heteroatoms. The molecular weight excluding hydrogens is 184 g/mol. The largest absolute Gasteiger partial charge is 0.313 e. The molecule has 0 amide bonds.